The van der Waals surface area contributed by atoms with Crippen LogP contribution in [0.15, 0.2) is 77.5 Å². The molecule has 0 aliphatic carbocycles. The van der Waals surface area contributed by atoms with Crippen molar-refractivity contribution in [3.63, 3.8) is 0 Å². The number of aromatic nitrogens is 2. The van der Waals surface area contributed by atoms with Gasteiger partial charge in [-0.1, -0.05) is 35.9 Å². The maximum atomic E-state index is 5.70. The number of nitrogens with zero attached hydrogens (tertiary/aromatic N) is 2. The van der Waals surface area contributed by atoms with E-state index in [1.54, 1.807) is 6.26 Å². The van der Waals surface area contributed by atoms with Crippen molar-refractivity contribution in [1.82, 2.24) is 9.97 Å². The van der Waals surface area contributed by atoms with Gasteiger partial charge < -0.3 is 4.42 Å². The summed E-state index contributed by atoms with van der Waals surface area (Å²) in [5.74, 6) is 0. The summed E-state index contributed by atoms with van der Waals surface area (Å²) >= 11 is 0. The van der Waals surface area contributed by atoms with Crippen molar-refractivity contribution in [2.45, 2.75) is 13.8 Å². The quantitative estimate of drug-likeness (QED) is 0.373. The van der Waals surface area contributed by atoms with Crippen LogP contribution in [-0.4, -0.2) is 9.97 Å². The van der Waals surface area contributed by atoms with Gasteiger partial charge in [0.15, 0.2) is 5.58 Å². The predicted octanol–water partition coefficient (Wildman–Crippen LogP) is 6.33. The highest BCUT2D eigenvalue weighted by Crippen LogP contribution is 2.35. The molecule has 3 heteroatoms. The predicted molar refractivity (Wildman–Crippen MR) is 110 cm³/mol. The molecule has 3 heterocycles. The maximum Gasteiger partial charge on any atom is 0.160 e. The molecule has 3 nitrogen and oxygen atoms in total. The van der Waals surface area contributed by atoms with Crippen molar-refractivity contribution < 1.29 is 4.42 Å². The van der Waals surface area contributed by atoms with Crippen molar-refractivity contribution in [2.24, 2.45) is 0 Å². The van der Waals surface area contributed by atoms with E-state index in [1.165, 1.54) is 11.1 Å². The van der Waals surface area contributed by atoms with Crippen LogP contribution in [0.25, 0.3) is 44.3 Å². The van der Waals surface area contributed by atoms with E-state index in [4.69, 9.17) is 9.40 Å². The van der Waals surface area contributed by atoms with Gasteiger partial charge >= 0.3 is 0 Å². The Labute approximate surface area is 157 Å². The zero-order valence-corrected chi connectivity index (χ0v) is 15.2. The van der Waals surface area contributed by atoms with E-state index in [2.05, 4.69) is 60.4 Å². The Morgan fingerprint density at radius 2 is 1.67 bits per heavy atom. The first kappa shape index (κ1) is 15.8. The Morgan fingerprint density at radius 3 is 2.52 bits per heavy atom. The largest absolute Gasteiger partial charge is 0.462 e. The van der Waals surface area contributed by atoms with E-state index in [0.717, 1.165) is 44.4 Å². The minimum Gasteiger partial charge on any atom is -0.462 e. The number of hydrogen-bond donors (Lipinski definition) is 0. The monoisotopic (exact) mass is 350 g/mol. The number of pyridine rings is 2. The number of rotatable bonds is 2. The first-order valence-corrected chi connectivity index (χ1v) is 9.00. The molecule has 130 valence electrons. The molecule has 0 aliphatic rings. The highest BCUT2D eigenvalue weighted by atomic mass is 16.3. The van der Waals surface area contributed by atoms with Gasteiger partial charge in [-0.3, -0.25) is 4.98 Å². The van der Waals surface area contributed by atoms with E-state index >= 15 is 0 Å². The van der Waals surface area contributed by atoms with Crippen molar-refractivity contribution >= 4 is 21.9 Å². The smallest absolute Gasteiger partial charge is 0.160 e. The third-order valence-electron chi connectivity index (χ3n) is 4.96. The number of fused-ring (bicyclic) bond motifs is 3. The Bertz CT molecular complexity index is 1280. The Kier molecular flexibility index (Phi) is 3.54. The lowest BCUT2D eigenvalue weighted by Gasteiger charge is -2.09. The number of benzene rings is 2. The fraction of sp³-hybridized carbons (Fsp3) is 0.0833. The second kappa shape index (κ2) is 6.06. The molecule has 0 atom stereocenters. The standard InChI is InChI=1S/C24H18N2O/c1-15-3-6-17(7-4-15)18-9-11-25-22(14-18)21-13-19-10-12-27-24(19)23-20(21)8-5-16(2)26-23/h3-14H,1-2H3. The molecule has 0 radical (unpaired) electrons. The number of hydrogen-bond acceptors (Lipinski definition) is 3. The second-order valence-corrected chi connectivity index (χ2v) is 6.91. The average molecular weight is 350 g/mol. The van der Waals surface area contributed by atoms with Gasteiger partial charge in [0.25, 0.3) is 0 Å². The summed E-state index contributed by atoms with van der Waals surface area (Å²) in [5.41, 5.74) is 8.28. The van der Waals surface area contributed by atoms with Crippen LogP contribution in [0.2, 0.25) is 0 Å². The summed E-state index contributed by atoms with van der Waals surface area (Å²) in [6.45, 7) is 4.10. The lowest BCUT2D eigenvalue weighted by atomic mass is 9.99. The van der Waals surface area contributed by atoms with Gasteiger partial charge in [-0.05, 0) is 55.3 Å². The van der Waals surface area contributed by atoms with Gasteiger partial charge in [0.05, 0.1) is 12.0 Å². The molecule has 5 aromatic rings. The van der Waals surface area contributed by atoms with E-state index in [9.17, 15) is 0 Å². The van der Waals surface area contributed by atoms with Crippen LogP contribution in [0.4, 0.5) is 0 Å². The lowest BCUT2D eigenvalue weighted by Crippen LogP contribution is -1.90. The Morgan fingerprint density at radius 1 is 0.815 bits per heavy atom. The molecule has 0 saturated heterocycles. The van der Waals surface area contributed by atoms with E-state index in [0.29, 0.717) is 0 Å². The molecular formula is C24H18N2O. The van der Waals surface area contributed by atoms with Crippen LogP contribution in [0.1, 0.15) is 11.3 Å². The van der Waals surface area contributed by atoms with Crippen molar-refractivity contribution in [3.8, 4) is 22.4 Å². The Hall–Kier alpha value is -3.46. The molecule has 0 unspecified atom stereocenters. The van der Waals surface area contributed by atoms with Crippen LogP contribution in [0, 0.1) is 13.8 Å². The summed E-state index contributed by atoms with van der Waals surface area (Å²) < 4.78 is 5.70. The highest BCUT2D eigenvalue weighted by Gasteiger charge is 2.13. The molecule has 27 heavy (non-hydrogen) atoms. The minimum atomic E-state index is 0.826. The summed E-state index contributed by atoms with van der Waals surface area (Å²) in [4.78, 5) is 9.39. The summed E-state index contributed by atoms with van der Waals surface area (Å²) in [6, 6.07) is 21.0. The zero-order chi connectivity index (χ0) is 18.4. The second-order valence-electron chi connectivity index (χ2n) is 6.91. The van der Waals surface area contributed by atoms with Gasteiger partial charge in [-0.15, -0.1) is 0 Å². The molecule has 0 N–H and O–H groups in total. The van der Waals surface area contributed by atoms with Crippen LogP contribution < -0.4 is 0 Å². The first-order chi connectivity index (χ1) is 13.2. The van der Waals surface area contributed by atoms with Crippen LogP contribution in [0.3, 0.4) is 0 Å². The molecular weight excluding hydrogens is 332 g/mol. The molecule has 5 rings (SSSR count). The average Bonchev–Trinajstić information content (AvgIpc) is 3.17. The molecule has 3 aromatic heterocycles. The van der Waals surface area contributed by atoms with Gasteiger partial charge in [0.1, 0.15) is 5.52 Å². The van der Waals surface area contributed by atoms with Crippen LogP contribution in [0.5, 0.6) is 0 Å². The van der Waals surface area contributed by atoms with Crippen LogP contribution in [-0.2, 0) is 0 Å². The summed E-state index contributed by atoms with van der Waals surface area (Å²) in [7, 11) is 0. The van der Waals surface area contributed by atoms with Crippen molar-refractivity contribution in [3.05, 3.63) is 84.4 Å². The SMILES string of the molecule is Cc1ccc(-c2ccnc(-c3cc4ccoc4c4nc(C)ccc34)c2)cc1. The third kappa shape index (κ3) is 2.68. The molecule has 0 aliphatic heterocycles. The zero-order valence-electron chi connectivity index (χ0n) is 15.2. The molecule has 0 amide bonds. The van der Waals surface area contributed by atoms with E-state index in [-0.39, 0.29) is 0 Å². The highest BCUT2D eigenvalue weighted by molar-refractivity contribution is 6.09. The fourth-order valence-corrected chi connectivity index (χ4v) is 3.52. The van der Waals surface area contributed by atoms with Gasteiger partial charge in [-0.25, -0.2) is 4.98 Å². The summed E-state index contributed by atoms with van der Waals surface area (Å²) in [6.07, 6.45) is 3.59. The first-order valence-electron chi connectivity index (χ1n) is 9.00. The van der Waals surface area contributed by atoms with Gasteiger partial charge in [0.2, 0.25) is 0 Å². The number of furan rings is 1. The van der Waals surface area contributed by atoms with E-state index < -0.39 is 0 Å². The van der Waals surface area contributed by atoms with Gasteiger partial charge in [0, 0.05) is 28.2 Å². The molecule has 0 fully saturated rings. The summed E-state index contributed by atoms with van der Waals surface area (Å²) in [5, 5.41) is 2.09. The lowest BCUT2D eigenvalue weighted by molar-refractivity contribution is 0.618. The van der Waals surface area contributed by atoms with Crippen molar-refractivity contribution in [2.75, 3.05) is 0 Å². The maximum absolute atomic E-state index is 5.70. The van der Waals surface area contributed by atoms with E-state index in [1.807, 2.05) is 25.3 Å². The topological polar surface area (TPSA) is 38.9 Å². The van der Waals surface area contributed by atoms with Gasteiger partial charge in [-0.2, -0.15) is 0 Å². The minimum absolute atomic E-state index is 0.826. The fourth-order valence-electron chi connectivity index (χ4n) is 3.52. The van der Waals surface area contributed by atoms with Crippen molar-refractivity contribution in [1.29, 1.82) is 0 Å². The molecule has 0 bridgehead atoms. The Balaban J connectivity index is 1.75. The normalized spacial score (nSPS) is 11.3. The molecule has 2 aromatic carbocycles. The number of aryl methyl sites for hydroxylation is 2. The van der Waals surface area contributed by atoms with Crippen LogP contribution >= 0.6 is 0 Å². The molecule has 0 saturated carbocycles. The molecule has 0 spiro atoms. The third-order valence-corrected chi connectivity index (χ3v) is 4.96.